The van der Waals surface area contributed by atoms with E-state index in [1.165, 1.54) is 11.8 Å². The van der Waals surface area contributed by atoms with Gasteiger partial charge in [0.2, 0.25) is 5.91 Å². The molecule has 0 aliphatic heterocycles. The van der Waals surface area contributed by atoms with Gasteiger partial charge in [-0.1, -0.05) is 12.1 Å². The normalized spacial score (nSPS) is 10.0. The van der Waals surface area contributed by atoms with Crippen LogP contribution in [-0.2, 0) is 11.3 Å². The summed E-state index contributed by atoms with van der Waals surface area (Å²) >= 11 is 1.52. The molecule has 0 saturated heterocycles. The fourth-order valence-corrected chi connectivity index (χ4v) is 1.66. The largest absolute Gasteiger partial charge is 0.508 e. The molecule has 0 aromatic heterocycles. The molecule has 0 fully saturated rings. The van der Waals surface area contributed by atoms with E-state index < -0.39 is 0 Å². The van der Waals surface area contributed by atoms with E-state index in [2.05, 4.69) is 0 Å². The number of hydrogen-bond donors (Lipinski definition) is 1. The maximum Gasteiger partial charge on any atom is 0.232 e. The number of aromatic hydroxyl groups is 1. The summed E-state index contributed by atoms with van der Waals surface area (Å²) < 4.78 is 0. The van der Waals surface area contributed by atoms with Crippen LogP contribution in [0.4, 0.5) is 0 Å². The molecule has 3 nitrogen and oxygen atoms in total. The molecule has 1 aromatic carbocycles. The average molecular weight is 225 g/mol. The Morgan fingerprint density at radius 3 is 2.53 bits per heavy atom. The van der Waals surface area contributed by atoms with Crippen LogP contribution < -0.4 is 0 Å². The molecule has 1 amide bonds. The Bertz CT molecular complexity index is 324. The molecule has 0 bridgehead atoms. The Hall–Kier alpha value is -1.16. The molecule has 0 radical (unpaired) electrons. The highest BCUT2D eigenvalue weighted by Crippen LogP contribution is 2.11. The van der Waals surface area contributed by atoms with Crippen LogP contribution in [0.25, 0.3) is 0 Å². The number of rotatable bonds is 4. The quantitative estimate of drug-likeness (QED) is 0.848. The third-order valence-corrected chi connectivity index (χ3v) is 2.59. The zero-order valence-electron chi connectivity index (χ0n) is 8.93. The van der Waals surface area contributed by atoms with E-state index in [0.29, 0.717) is 12.3 Å². The highest BCUT2D eigenvalue weighted by molar-refractivity contribution is 7.99. The smallest absolute Gasteiger partial charge is 0.232 e. The van der Waals surface area contributed by atoms with E-state index in [0.717, 1.165) is 5.56 Å². The molecule has 0 spiro atoms. The average Bonchev–Trinajstić information content (AvgIpc) is 2.22. The summed E-state index contributed by atoms with van der Waals surface area (Å²) in [4.78, 5) is 13.2. The summed E-state index contributed by atoms with van der Waals surface area (Å²) in [7, 11) is 1.78. The van der Waals surface area contributed by atoms with Gasteiger partial charge in [0.05, 0.1) is 5.75 Å². The molecule has 4 heteroatoms. The van der Waals surface area contributed by atoms with Crippen LogP contribution in [0.5, 0.6) is 5.75 Å². The van der Waals surface area contributed by atoms with E-state index in [9.17, 15) is 4.79 Å². The van der Waals surface area contributed by atoms with E-state index in [1.54, 1.807) is 24.1 Å². The second-order valence-corrected chi connectivity index (χ2v) is 4.22. The maximum absolute atomic E-state index is 11.5. The highest BCUT2D eigenvalue weighted by atomic mass is 32.2. The van der Waals surface area contributed by atoms with Crippen molar-refractivity contribution in [3.05, 3.63) is 29.8 Å². The van der Waals surface area contributed by atoms with E-state index in [-0.39, 0.29) is 11.7 Å². The summed E-state index contributed by atoms with van der Waals surface area (Å²) in [6.45, 7) is 0.583. The number of nitrogens with zero attached hydrogens (tertiary/aromatic N) is 1. The van der Waals surface area contributed by atoms with E-state index >= 15 is 0 Å². The van der Waals surface area contributed by atoms with Crippen LogP contribution in [0.1, 0.15) is 5.56 Å². The van der Waals surface area contributed by atoms with Gasteiger partial charge in [0.25, 0.3) is 0 Å². The van der Waals surface area contributed by atoms with Crippen molar-refractivity contribution in [2.75, 3.05) is 19.1 Å². The van der Waals surface area contributed by atoms with Crippen molar-refractivity contribution in [3.63, 3.8) is 0 Å². The van der Waals surface area contributed by atoms with Crippen molar-refractivity contribution < 1.29 is 9.90 Å². The lowest BCUT2D eigenvalue weighted by molar-refractivity contribution is -0.127. The minimum Gasteiger partial charge on any atom is -0.508 e. The van der Waals surface area contributed by atoms with Gasteiger partial charge < -0.3 is 10.0 Å². The molecule has 1 aromatic rings. The standard InChI is InChI=1S/C11H15NO2S/c1-12(11(14)8-15-2)7-9-3-5-10(13)6-4-9/h3-6,13H,7-8H2,1-2H3. The van der Waals surface area contributed by atoms with Gasteiger partial charge in [0.1, 0.15) is 5.75 Å². The van der Waals surface area contributed by atoms with Gasteiger partial charge in [-0.3, -0.25) is 4.79 Å². The van der Waals surface area contributed by atoms with Crippen molar-refractivity contribution in [1.29, 1.82) is 0 Å². The zero-order valence-corrected chi connectivity index (χ0v) is 9.75. The van der Waals surface area contributed by atoms with Crippen LogP contribution >= 0.6 is 11.8 Å². The monoisotopic (exact) mass is 225 g/mol. The van der Waals surface area contributed by atoms with Crippen LogP contribution in [0.3, 0.4) is 0 Å². The summed E-state index contributed by atoms with van der Waals surface area (Å²) in [5.41, 5.74) is 1.02. The minimum atomic E-state index is 0.121. The van der Waals surface area contributed by atoms with E-state index in [4.69, 9.17) is 5.11 Å². The number of benzene rings is 1. The summed E-state index contributed by atoms with van der Waals surface area (Å²) in [6.07, 6.45) is 1.91. The number of hydrogen-bond acceptors (Lipinski definition) is 3. The van der Waals surface area contributed by atoms with Crippen LogP contribution in [0.15, 0.2) is 24.3 Å². The summed E-state index contributed by atoms with van der Waals surface area (Å²) in [5.74, 6) is 0.876. The second-order valence-electron chi connectivity index (χ2n) is 3.35. The molecule has 82 valence electrons. The Morgan fingerprint density at radius 2 is 2.00 bits per heavy atom. The molecular weight excluding hydrogens is 210 g/mol. The highest BCUT2D eigenvalue weighted by Gasteiger charge is 2.07. The Labute approximate surface area is 94.1 Å². The lowest BCUT2D eigenvalue weighted by Crippen LogP contribution is -2.27. The third kappa shape index (κ3) is 3.83. The van der Waals surface area contributed by atoms with Crippen molar-refractivity contribution in [2.45, 2.75) is 6.54 Å². The molecule has 0 aliphatic carbocycles. The first-order valence-corrected chi connectivity index (χ1v) is 6.03. The third-order valence-electron chi connectivity index (χ3n) is 2.05. The number of carbonyl (C=O) groups excluding carboxylic acids is 1. The molecule has 0 unspecified atom stereocenters. The van der Waals surface area contributed by atoms with Crippen LogP contribution in [-0.4, -0.2) is 35.0 Å². The molecule has 0 atom stereocenters. The molecule has 0 aliphatic rings. The van der Waals surface area contributed by atoms with Crippen LogP contribution in [0, 0.1) is 0 Å². The fourth-order valence-electron chi connectivity index (χ4n) is 1.20. The number of phenolic OH excluding ortho intramolecular Hbond substituents is 1. The number of thioether (sulfide) groups is 1. The zero-order chi connectivity index (χ0) is 11.3. The first-order chi connectivity index (χ1) is 7.13. The van der Waals surface area contributed by atoms with Crippen molar-refractivity contribution in [2.24, 2.45) is 0 Å². The molecule has 15 heavy (non-hydrogen) atoms. The van der Waals surface area contributed by atoms with Crippen molar-refractivity contribution >= 4 is 17.7 Å². The van der Waals surface area contributed by atoms with Crippen molar-refractivity contribution in [3.8, 4) is 5.75 Å². The molecule has 0 saturated carbocycles. The molecule has 1 rings (SSSR count). The lowest BCUT2D eigenvalue weighted by Gasteiger charge is -2.16. The van der Waals surface area contributed by atoms with Gasteiger partial charge in [0, 0.05) is 13.6 Å². The molecule has 1 N–H and O–H groups in total. The maximum atomic E-state index is 11.5. The number of amides is 1. The number of phenols is 1. The second kappa shape index (κ2) is 5.66. The van der Waals surface area contributed by atoms with Gasteiger partial charge in [-0.2, -0.15) is 11.8 Å². The van der Waals surface area contributed by atoms with Gasteiger partial charge in [0.15, 0.2) is 0 Å². The minimum absolute atomic E-state index is 0.121. The first-order valence-electron chi connectivity index (χ1n) is 4.64. The topological polar surface area (TPSA) is 40.5 Å². The predicted octanol–water partition coefficient (Wildman–Crippen LogP) is 1.71. The Kier molecular flexibility index (Phi) is 4.49. The molecule has 0 heterocycles. The first kappa shape index (κ1) is 11.9. The lowest BCUT2D eigenvalue weighted by atomic mass is 10.2. The summed E-state index contributed by atoms with van der Waals surface area (Å²) in [6, 6.07) is 6.89. The van der Waals surface area contributed by atoms with Gasteiger partial charge in [-0.05, 0) is 24.0 Å². The van der Waals surface area contributed by atoms with Gasteiger partial charge >= 0.3 is 0 Å². The SMILES string of the molecule is CSCC(=O)N(C)Cc1ccc(O)cc1. The number of carbonyl (C=O) groups is 1. The van der Waals surface area contributed by atoms with Gasteiger partial charge in [-0.15, -0.1) is 0 Å². The van der Waals surface area contributed by atoms with Crippen LogP contribution in [0.2, 0.25) is 0 Å². The Morgan fingerprint density at radius 1 is 1.40 bits per heavy atom. The predicted molar refractivity (Wildman–Crippen MR) is 63.0 cm³/mol. The van der Waals surface area contributed by atoms with Crippen molar-refractivity contribution in [1.82, 2.24) is 4.90 Å². The van der Waals surface area contributed by atoms with E-state index in [1.807, 2.05) is 18.4 Å². The molecular formula is C11H15NO2S. The summed E-state index contributed by atoms with van der Waals surface area (Å²) in [5, 5.41) is 9.10. The fraction of sp³-hybridized carbons (Fsp3) is 0.364. The van der Waals surface area contributed by atoms with Gasteiger partial charge in [-0.25, -0.2) is 0 Å². The Balaban J connectivity index is 2.54.